The Bertz CT molecular complexity index is 168. The van der Waals surface area contributed by atoms with E-state index < -0.39 is 0 Å². The highest BCUT2D eigenvalue weighted by Crippen LogP contribution is 2.40. The summed E-state index contributed by atoms with van der Waals surface area (Å²) in [6, 6.07) is 0.660. The maximum atomic E-state index is 9.29. The van der Waals surface area contributed by atoms with Crippen molar-refractivity contribution < 1.29 is 5.11 Å². The molecule has 1 atom stereocenters. The van der Waals surface area contributed by atoms with Crippen molar-refractivity contribution in [3.63, 3.8) is 0 Å². The molecule has 2 nitrogen and oxygen atoms in total. The summed E-state index contributed by atoms with van der Waals surface area (Å²) in [7, 11) is 0. The lowest BCUT2D eigenvalue weighted by Crippen LogP contribution is -2.56. The van der Waals surface area contributed by atoms with Gasteiger partial charge in [0.2, 0.25) is 0 Å². The van der Waals surface area contributed by atoms with Crippen molar-refractivity contribution in [1.29, 1.82) is 0 Å². The average Bonchev–Trinajstić information content (AvgIpc) is 2.78. The molecule has 1 aliphatic heterocycles. The van der Waals surface area contributed by atoms with Gasteiger partial charge in [0, 0.05) is 23.1 Å². The summed E-state index contributed by atoms with van der Waals surface area (Å²) in [5, 5.41) is 12.9. The summed E-state index contributed by atoms with van der Waals surface area (Å²) in [5.41, 5.74) is 0.0195. The maximum Gasteiger partial charge on any atom is 0.0613 e. The number of nitrogens with one attached hydrogen (secondary N) is 1. The molecule has 0 spiro atoms. The van der Waals surface area contributed by atoms with Gasteiger partial charge in [0.25, 0.3) is 0 Å². The molecule has 0 bridgehead atoms. The van der Waals surface area contributed by atoms with Crippen LogP contribution in [-0.2, 0) is 0 Å². The molecule has 12 heavy (non-hydrogen) atoms. The first-order chi connectivity index (χ1) is 5.74. The Kier molecular flexibility index (Phi) is 2.36. The van der Waals surface area contributed by atoms with E-state index in [0.717, 1.165) is 5.92 Å². The Balaban J connectivity index is 1.86. The molecule has 2 rings (SSSR count). The molecule has 2 fully saturated rings. The normalized spacial score (nSPS) is 29.5. The van der Waals surface area contributed by atoms with Crippen LogP contribution in [-0.4, -0.2) is 34.8 Å². The number of aliphatic hydroxyl groups excluding tert-OH is 1. The van der Waals surface area contributed by atoms with Crippen LogP contribution in [0, 0.1) is 5.92 Å². The molecule has 1 saturated heterocycles. The van der Waals surface area contributed by atoms with Crippen molar-refractivity contribution in [3.05, 3.63) is 0 Å². The molecule has 0 aromatic rings. The molecule has 1 aliphatic carbocycles. The molecule has 0 radical (unpaired) electrons. The van der Waals surface area contributed by atoms with Gasteiger partial charge in [-0.2, -0.15) is 11.8 Å². The van der Waals surface area contributed by atoms with Gasteiger partial charge in [-0.1, -0.05) is 0 Å². The van der Waals surface area contributed by atoms with Crippen LogP contribution in [0.15, 0.2) is 0 Å². The Hall–Kier alpha value is 0.270. The summed E-state index contributed by atoms with van der Waals surface area (Å²) < 4.78 is 0. The van der Waals surface area contributed by atoms with Gasteiger partial charge >= 0.3 is 0 Å². The molecule has 0 aromatic carbocycles. The fraction of sp³-hybridized carbons (Fsp3) is 1.00. The third-order valence-corrected chi connectivity index (χ3v) is 4.25. The molecule has 1 saturated carbocycles. The standard InChI is InChI=1S/C9H17NOS/c1-9(6-11,7-2-3-7)10-8-4-12-5-8/h7-8,10-11H,2-6H2,1H3. The van der Waals surface area contributed by atoms with Crippen molar-refractivity contribution in [3.8, 4) is 0 Å². The minimum absolute atomic E-state index is 0.0195. The first-order valence-electron chi connectivity index (χ1n) is 4.71. The van der Waals surface area contributed by atoms with Gasteiger partial charge in [0.15, 0.2) is 0 Å². The van der Waals surface area contributed by atoms with E-state index in [1.165, 1.54) is 24.3 Å². The predicted molar refractivity (Wildman–Crippen MR) is 52.5 cm³/mol. The van der Waals surface area contributed by atoms with Gasteiger partial charge in [-0.25, -0.2) is 0 Å². The zero-order chi connectivity index (χ0) is 8.60. The third-order valence-electron chi connectivity index (χ3n) is 2.98. The zero-order valence-corrected chi connectivity index (χ0v) is 8.36. The van der Waals surface area contributed by atoms with Gasteiger partial charge in [-0.05, 0) is 25.7 Å². The van der Waals surface area contributed by atoms with Crippen molar-refractivity contribution in [2.75, 3.05) is 18.1 Å². The predicted octanol–water partition coefficient (Wildman–Crippen LogP) is 0.852. The molecule has 3 heteroatoms. The van der Waals surface area contributed by atoms with Crippen LogP contribution in [0.5, 0.6) is 0 Å². The Labute approximate surface area is 78.1 Å². The van der Waals surface area contributed by atoms with Crippen molar-refractivity contribution in [2.24, 2.45) is 5.92 Å². The number of rotatable bonds is 4. The molecule has 1 unspecified atom stereocenters. The Morgan fingerprint density at radius 3 is 2.50 bits per heavy atom. The first-order valence-corrected chi connectivity index (χ1v) is 5.86. The van der Waals surface area contributed by atoms with Crippen molar-refractivity contribution >= 4 is 11.8 Å². The highest BCUT2D eigenvalue weighted by Gasteiger charge is 2.42. The van der Waals surface area contributed by atoms with Crippen molar-refractivity contribution in [1.82, 2.24) is 5.32 Å². The lowest BCUT2D eigenvalue weighted by atomic mass is 9.96. The SMILES string of the molecule is CC(CO)(NC1CSC1)C1CC1. The summed E-state index contributed by atoms with van der Waals surface area (Å²) in [5.74, 6) is 3.18. The van der Waals surface area contributed by atoms with Crippen LogP contribution in [0.2, 0.25) is 0 Å². The molecule has 2 N–H and O–H groups in total. The molecule has 0 aromatic heterocycles. The molecular weight excluding hydrogens is 170 g/mol. The second-order valence-corrected chi connectivity index (χ2v) is 5.30. The smallest absolute Gasteiger partial charge is 0.0613 e. The fourth-order valence-corrected chi connectivity index (χ4v) is 2.44. The average molecular weight is 187 g/mol. The van der Waals surface area contributed by atoms with Crippen LogP contribution in [0.1, 0.15) is 19.8 Å². The van der Waals surface area contributed by atoms with E-state index in [1.54, 1.807) is 0 Å². The number of aliphatic hydroxyl groups is 1. The number of thioether (sulfide) groups is 1. The highest BCUT2D eigenvalue weighted by molar-refractivity contribution is 8.00. The van der Waals surface area contributed by atoms with Crippen LogP contribution in [0.25, 0.3) is 0 Å². The summed E-state index contributed by atoms with van der Waals surface area (Å²) in [6.45, 7) is 2.45. The molecule has 0 amide bonds. The van der Waals surface area contributed by atoms with E-state index in [4.69, 9.17) is 0 Å². The van der Waals surface area contributed by atoms with E-state index in [0.29, 0.717) is 12.6 Å². The fourth-order valence-electron chi connectivity index (χ4n) is 1.80. The molecule has 1 heterocycles. The third kappa shape index (κ3) is 1.63. The van der Waals surface area contributed by atoms with Gasteiger partial charge in [-0.3, -0.25) is 0 Å². The van der Waals surface area contributed by atoms with Gasteiger partial charge < -0.3 is 10.4 Å². The largest absolute Gasteiger partial charge is 0.394 e. The van der Waals surface area contributed by atoms with Gasteiger partial charge in [0.05, 0.1) is 6.61 Å². The van der Waals surface area contributed by atoms with Crippen molar-refractivity contribution in [2.45, 2.75) is 31.3 Å². The Morgan fingerprint density at radius 1 is 1.50 bits per heavy atom. The maximum absolute atomic E-state index is 9.29. The van der Waals surface area contributed by atoms with Crippen LogP contribution in [0.3, 0.4) is 0 Å². The molecule has 2 aliphatic rings. The van der Waals surface area contributed by atoms with Crippen LogP contribution in [0.4, 0.5) is 0 Å². The van der Waals surface area contributed by atoms with E-state index in [9.17, 15) is 5.11 Å². The number of hydrogen-bond acceptors (Lipinski definition) is 3. The van der Waals surface area contributed by atoms with E-state index in [1.807, 2.05) is 11.8 Å². The van der Waals surface area contributed by atoms with Crippen LogP contribution < -0.4 is 5.32 Å². The van der Waals surface area contributed by atoms with Gasteiger partial charge in [-0.15, -0.1) is 0 Å². The minimum atomic E-state index is 0.0195. The highest BCUT2D eigenvalue weighted by atomic mass is 32.2. The zero-order valence-electron chi connectivity index (χ0n) is 7.55. The lowest BCUT2D eigenvalue weighted by Gasteiger charge is -2.37. The van der Waals surface area contributed by atoms with E-state index >= 15 is 0 Å². The monoisotopic (exact) mass is 187 g/mol. The summed E-state index contributed by atoms with van der Waals surface area (Å²) in [4.78, 5) is 0. The number of hydrogen-bond donors (Lipinski definition) is 2. The van der Waals surface area contributed by atoms with Crippen LogP contribution >= 0.6 is 11.8 Å². The quantitative estimate of drug-likeness (QED) is 0.684. The minimum Gasteiger partial charge on any atom is -0.394 e. The first kappa shape index (κ1) is 8.85. The van der Waals surface area contributed by atoms with E-state index in [-0.39, 0.29) is 5.54 Å². The second kappa shape index (κ2) is 3.20. The topological polar surface area (TPSA) is 32.3 Å². The Morgan fingerprint density at radius 2 is 2.17 bits per heavy atom. The lowest BCUT2D eigenvalue weighted by molar-refractivity contribution is 0.146. The molecular formula is C9H17NOS. The summed E-state index contributed by atoms with van der Waals surface area (Å²) >= 11 is 1.98. The van der Waals surface area contributed by atoms with Gasteiger partial charge in [0.1, 0.15) is 0 Å². The molecule has 70 valence electrons. The van der Waals surface area contributed by atoms with E-state index in [2.05, 4.69) is 12.2 Å². The summed E-state index contributed by atoms with van der Waals surface area (Å²) in [6.07, 6.45) is 2.59. The second-order valence-electron chi connectivity index (χ2n) is 4.23.